The molecule has 1 N–H and O–H groups in total. The lowest BCUT2D eigenvalue weighted by Crippen LogP contribution is -2.37. The lowest BCUT2D eigenvalue weighted by atomic mass is 10.0. The first-order valence-electron chi connectivity index (χ1n) is 4.94. The molecule has 0 aliphatic rings. The zero-order chi connectivity index (χ0) is 11.8. The van der Waals surface area contributed by atoms with Gasteiger partial charge >= 0.3 is 5.97 Å². The normalized spacial score (nSPS) is 12.1. The minimum Gasteiger partial charge on any atom is -0.480 e. The molecule has 0 radical (unpaired) electrons. The third kappa shape index (κ3) is 1.86. The van der Waals surface area contributed by atoms with Crippen molar-refractivity contribution in [3.8, 4) is 0 Å². The summed E-state index contributed by atoms with van der Waals surface area (Å²) < 4.78 is 1.68. The number of carboxylic acids is 1. The van der Waals surface area contributed by atoms with Gasteiger partial charge in [-0.05, 0) is 20.8 Å². The van der Waals surface area contributed by atoms with Crippen LogP contribution in [0.25, 0.3) is 0 Å². The second kappa shape index (κ2) is 3.64. The first-order valence-corrected chi connectivity index (χ1v) is 4.94. The Bertz CT molecular complexity index is 380. The van der Waals surface area contributed by atoms with Gasteiger partial charge < -0.3 is 5.11 Å². The van der Waals surface area contributed by atoms with Crippen molar-refractivity contribution in [3.05, 3.63) is 11.6 Å². The molecule has 0 fully saturated rings. The van der Waals surface area contributed by atoms with Crippen molar-refractivity contribution in [2.75, 3.05) is 0 Å². The van der Waals surface area contributed by atoms with E-state index in [1.807, 2.05) is 13.8 Å². The standard InChI is InChI=1S/C10H17N3O2/c1-6(2)8-12-11-7(3)13(8)10(4,5)9(14)15/h6H,1-5H3,(H,14,15). The molecule has 0 unspecified atom stereocenters. The molecule has 15 heavy (non-hydrogen) atoms. The van der Waals surface area contributed by atoms with Crippen LogP contribution in [0, 0.1) is 6.92 Å². The lowest BCUT2D eigenvalue weighted by molar-refractivity contribution is -0.145. The van der Waals surface area contributed by atoms with Crippen LogP contribution < -0.4 is 0 Å². The highest BCUT2D eigenvalue weighted by molar-refractivity contribution is 5.75. The fourth-order valence-electron chi connectivity index (χ4n) is 1.54. The van der Waals surface area contributed by atoms with Crippen LogP contribution in [0.3, 0.4) is 0 Å². The van der Waals surface area contributed by atoms with E-state index < -0.39 is 11.5 Å². The van der Waals surface area contributed by atoms with Gasteiger partial charge in [0.1, 0.15) is 17.2 Å². The molecule has 1 aromatic rings. The van der Waals surface area contributed by atoms with Crippen molar-refractivity contribution in [1.29, 1.82) is 0 Å². The van der Waals surface area contributed by atoms with Crippen LogP contribution in [0.15, 0.2) is 0 Å². The highest BCUT2D eigenvalue weighted by Crippen LogP contribution is 2.23. The average Bonchev–Trinajstić information content (AvgIpc) is 2.47. The van der Waals surface area contributed by atoms with E-state index in [1.165, 1.54) is 0 Å². The van der Waals surface area contributed by atoms with Gasteiger partial charge in [0.2, 0.25) is 0 Å². The third-order valence-corrected chi connectivity index (χ3v) is 2.45. The molecule has 0 bridgehead atoms. The summed E-state index contributed by atoms with van der Waals surface area (Å²) in [5, 5.41) is 17.1. The summed E-state index contributed by atoms with van der Waals surface area (Å²) in [6.07, 6.45) is 0. The van der Waals surface area contributed by atoms with Crippen molar-refractivity contribution in [2.24, 2.45) is 0 Å². The van der Waals surface area contributed by atoms with E-state index in [0.717, 1.165) is 0 Å². The number of rotatable bonds is 3. The van der Waals surface area contributed by atoms with Gasteiger partial charge in [-0.25, -0.2) is 4.79 Å². The molecular formula is C10H17N3O2. The summed E-state index contributed by atoms with van der Waals surface area (Å²) in [7, 11) is 0. The van der Waals surface area contributed by atoms with Crippen molar-refractivity contribution < 1.29 is 9.90 Å². The molecule has 0 aliphatic carbocycles. The van der Waals surface area contributed by atoms with Crippen LogP contribution in [0.1, 0.15) is 45.3 Å². The molecular weight excluding hydrogens is 194 g/mol. The number of nitrogens with zero attached hydrogens (tertiary/aromatic N) is 3. The molecule has 0 aromatic carbocycles. The number of hydrogen-bond donors (Lipinski definition) is 1. The van der Waals surface area contributed by atoms with E-state index in [2.05, 4.69) is 10.2 Å². The second-order valence-corrected chi connectivity index (χ2v) is 4.46. The fourth-order valence-corrected chi connectivity index (χ4v) is 1.54. The zero-order valence-electron chi connectivity index (χ0n) is 9.77. The number of aryl methyl sites for hydroxylation is 1. The highest BCUT2D eigenvalue weighted by Gasteiger charge is 2.34. The van der Waals surface area contributed by atoms with E-state index in [0.29, 0.717) is 11.6 Å². The van der Waals surface area contributed by atoms with E-state index >= 15 is 0 Å². The number of carbonyl (C=O) groups is 1. The monoisotopic (exact) mass is 211 g/mol. The van der Waals surface area contributed by atoms with Gasteiger partial charge in [-0.15, -0.1) is 10.2 Å². The predicted octanol–water partition coefficient (Wildman–Crippen LogP) is 1.53. The Morgan fingerprint density at radius 2 is 1.93 bits per heavy atom. The van der Waals surface area contributed by atoms with Gasteiger partial charge in [-0.2, -0.15) is 0 Å². The summed E-state index contributed by atoms with van der Waals surface area (Å²) in [5.74, 6) is 0.614. The molecule has 0 amide bonds. The van der Waals surface area contributed by atoms with Gasteiger partial charge in [0.25, 0.3) is 0 Å². The smallest absolute Gasteiger partial charge is 0.329 e. The maximum absolute atomic E-state index is 11.2. The Morgan fingerprint density at radius 3 is 2.33 bits per heavy atom. The van der Waals surface area contributed by atoms with Crippen LogP contribution in [-0.2, 0) is 10.3 Å². The van der Waals surface area contributed by atoms with Crippen molar-refractivity contribution in [3.63, 3.8) is 0 Å². The van der Waals surface area contributed by atoms with Crippen molar-refractivity contribution in [2.45, 2.75) is 46.1 Å². The molecule has 0 saturated carbocycles. The van der Waals surface area contributed by atoms with Crippen LogP contribution in [0.2, 0.25) is 0 Å². The van der Waals surface area contributed by atoms with Gasteiger partial charge in [0, 0.05) is 5.92 Å². The molecule has 0 spiro atoms. The molecule has 0 atom stereocenters. The number of aliphatic carboxylic acids is 1. The van der Waals surface area contributed by atoms with Crippen LogP contribution in [0.4, 0.5) is 0 Å². The van der Waals surface area contributed by atoms with E-state index in [4.69, 9.17) is 5.11 Å². The molecule has 5 nitrogen and oxygen atoms in total. The summed E-state index contributed by atoms with van der Waals surface area (Å²) in [6.45, 7) is 9.01. The third-order valence-electron chi connectivity index (χ3n) is 2.45. The Labute approximate surface area is 89.1 Å². The van der Waals surface area contributed by atoms with Crippen LogP contribution in [0.5, 0.6) is 0 Å². The first kappa shape index (κ1) is 11.7. The van der Waals surface area contributed by atoms with Crippen molar-refractivity contribution in [1.82, 2.24) is 14.8 Å². The molecule has 0 aliphatic heterocycles. The number of hydrogen-bond acceptors (Lipinski definition) is 3. The highest BCUT2D eigenvalue weighted by atomic mass is 16.4. The van der Waals surface area contributed by atoms with E-state index in [1.54, 1.807) is 25.3 Å². The molecule has 0 saturated heterocycles. The minimum absolute atomic E-state index is 0.157. The topological polar surface area (TPSA) is 68.0 Å². The number of aromatic nitrogens is 3. The molecule has 1 aromatic heterocycles. The zero-order valence-corrected chi connectivity index (χ0v) is 9.77. The largest absolute Gasteiger partial charge is 0.480 e. The first-order chi connectivity index (χ1) is 6.78. The maximum Gasteiger partial charge on any atom is 0.329 e. The quantitative estimate of drug-likeness (QED) is 0.823. The molecule has 84 valence electrons. The Kier molecular flexibility index (Phi) is 2.83. The Morgan fingerprint density at radius 1 is 1.40 bits per heavy atom. The SMILES string of the molecule is Cc1nnc(C(C)C)n1C(C)(C)C(=O)O. The summed E-state index contributed by atoms with van der Waals surface area (Å²) in [6, 6.07) is 0. The maximum atomic E-state index is 11.2. The molecule has 1 rings (SSSR count). The molecule has 1 heterocycles. The predicted molar refractivity (Wildman–Crippen MR) is 55.8 cm³/mol. The Balaban J connectivity index is 3.35. The minimum atomic E-state index is -1.01. The van der Waals surface area contributed by atoms with Crippen LogP contribution >= 0.6 is 0 Å². The van der Waals surface area contributed by atoms with E-state index in [9.17, 15) is 4.79 Å². The second-order valence-electron chi connectivity index (χ2n) is 4.46. The summed E-state index contributed by atoms with van der Waals surface area (Å²) in [4.78, 5) is 11.2. The van der Waals surface area contributed by atoms with Gasteiger partial charge in [-0.3, -0.25) is 4.57 Å². The fraction of sp³-hybridized carbons (Fsp3) is 0.700. The summed E-state index contributed by atoms with van der Waals surface area (Å²) >= 11 is 0. The van der Waals surface area contributed by atoms with Gasteiger partial charge in [0.05, 0.1) is 0 Å². The lowest BCUT2D eigenvalue weighted by Gasteiger charge is -2.25. The summed E-state index contributed by atoms with van der Waals surface area (Å²) in [5.41, 5.74) is -1.01. The van der Waals surface area contributed by atoms with Crippen LogP contribution in [-0.4, -0.2) is 25.8 Å². The van der Waals surface area contributed by atoms with Crippen molar-refractivity contribution >= 4 is 5.97 Å². The molecule has 5 heteroatoms. The van der Waals surface area contributed by atoms with Gasteiger partial charge in [-0.1, -0.05) is 13.8 Å². The Hall–Kier alpha value is -1.39. The van der Waals surface area contributed by atoms with E-state index in [-0.39, 0.29) is 5.92 Å². The van der Waals surface area contributed by atoms with Gasteiger partial charge in [0.15, 0.2) is 0 Å². The average molecular weight is 211 g/mol. The number of carboxylic acid groups (broad SMARTS) is 1.